The summed E-state index contributed by atoms with van der Waals surface area (Å²) in [4.78, 5) is 27.0. The Hall–Kier alpha value is -0.860. The number of likely N-dealkylation sites (tertiary alicyclic amines) is 1. The minimum Gasteiger partial charge on any atom is -0.342 e. The van der Waals surface area contributed by atoms with Gasteiger partial charge in [-0.1, -0.05) is 13.3 Å². The molecule has 1 heterocycles. The quantitative estimate of drug-likeness (QED) is 0.678. The zero-order valence-electron chi connectivity index (χ0n) is 15.3. The van der Waals surface area contributed by atoms with Crippen molar-refractivity contribution in [1.82, 2.24) is 4.90 Å². The Bertz CT molecular complexity index is 615. The Balaban J connectivity index is 1.61. The Kier molecular flexibility index (Phi) is 2.98. The molecular formula is C21H31NO2. The predicted octanol–water partition coefficient (Wildman–Crippen LogP) is 3.81. The molecule has 6 fully saturated rings. The normalized spacial score (nSPS) is 52.7. The Morgan fingerprint density at radius 1 is 1.08 bits per heavy atom. The molecule has 6 atom stereocenters. The van der Waals surface area contributed by atoms with E-state index in [0.29, 0.717) is 33.9 Å². The first-order valence-corrected chi connectivity index (χ1v) is 10.2. The summed E-state index contributed by atoms with van der Waals surface area (Å²) in [6, 6.07) is 0. The number of rotatable bonds is 0. The van der Waals surface area contributed by atoms with Crippen LogP contribution < -0.4 is 0 Å². The number of piperidine rings is 1. The molecule has 24 heavy (non-hydrogen) atoms. The lowest BCUT2D eigenvalue weighted by Gasteiger charge is -2.71. The van der Waals surface area contributed by atoms with Crippen LogP contribution in [0.5, 0.6) is 0 Å². The molecule has 6 aliphatic rings. The Morgan fingerprint density at radius 2 is 1.88 bits per heavy atom. The van der Waals surface area contributed by atoms with Gasteiger partial charge in [0, 0.05) is 32.4 Å². The lowest BCUT2D eigenvalue weighted by atomic mass is 9.35. The highest BCUT2D eigenvalue weighted by molar-refractivity contribution is 5.83. The maximum atomic E-state index is 12.5. The van der Waals surface area contributed by atoms with Gasteiger partial charge in [-0.2, -0.15) is 0 Å². The van der Waals surface area contributed by atoms with Gasteiger partial charge in [0.2, 0.25) is 5.91 Å². The zero-order chi connectivity index (χ0) is 16.7. The maximum absolute atomic E-state index is 12.5. The van der Waals surface area contributed by atoms with E-state index in [1.54, 1.807) is 6.92 Å². The largest absolute Gasteiger partial charge is 0.342 e. The smallest absolute Gasteiger partial charge is 0.219 e. The summed E-state index contributed by atoms with van der Waals surface area (Å²) in [5, 5.41) is 0. The van der Waals surface area contributed by atoms with Gasteiger partial charge in [0.1, 0.15) is 5.78 Å². The van der Waals surface area contributed by atoms with E-state index >= 15 is 0 Å². The molecule has 5 aliphatic carbocycles. The van der Waals surface area contributed by atoms with Crippen LogP contribution in [0.2, 0.25) is 0 Å². The van der Waals surface area contributed by atoms with Crippen molar-refractivity contribution in [2.75, 3.05) is 13.1 Å². The average molecular weight is 329 g/mol. The summed E-state index contributed by atoms with van der Waals surface area (Å²) in [7, 11) is 0. The van der Waals surface area contributed by atoms with E-state index in [1.807, 2.05) is 0 Å². The maximum Gasteiger partial charge on any atom is 0.219 e. The fourth-order valence-corrected chi connectivity index (χ4v) is 8.42. The molecule has 5 saturated carbocycles. The van der Waals surface area contributed by atoms with Crippen molar-refractivity contribution in [3.63, 3.8) is 0 Å². The second kappa shape index (κ2) is 4.65. The SMILES string of the molecule is CC(=O)N1CC2(C)CCCC3(C1)C1C[C@@H]4CC[C@@]1(CC[C@H]23)CC4=O. The second-order valence-electron chi connectivity index (χ2n) is 10.2. The van der Waals surface area contributed by atoms with Crippen molar-refractivity contribution in [3.8, 4) is 0 Å². The fourth-order valence-electron chi connectivity index (χ4n) is 8.42. The first kappa shape index (κ1) is 15.4. The average Bonchev–Trinajstić information content (AvgIpc) is 2.52. The highest BCUT2D eigenvalue weighted by Gasteiger charge is 2.68. The zero-order valence-corrected chi connectivity index (χ0v) is 15.3. The van der Waals surface area contributed by atoms with Crippen molar-refractivity contribution in [1.29, 1.82) is 0 Å². The van der Waals surface area contributed by atoms with Gasteiger partial charge in [-0.25, -0.2) is 0 Å². The summed E-state index contributed by atoms with van der Waals surface area (Å²) < 4.78 is 0. The number of amides is 1. The van der Waals surface area contributed by atoms with Crippen LogP contribution in [0.4, 0.5) is 0 Å². The van der Waals surface area contributed by atoms with Gasteiger partial charge >= 0.3 is 0 Å². The molecule has 0 aromatic rings. The molecule has 3 nitrogen and oxygen atoms in total. The number of fused-ring (bicyclic) bond motifs is 2. The van der Waals surface area contributed by atoms with Crippen LogP contribution in [0.15, 0.2) is 0 Å². The molecular weight excluding hydrogens is 298 g/mol. The molecule has 1 saturated heterocycles. The van der Waals surface area contributed by atoms with E-state index in [-0.39, 0.29) is 5.91 Å². The highest BCUT2D eigenvalue weighted by atomic mass is 16.2. The van der Waals surface area contributed by atoms with Crippen LogP contribution in [0.1, 0.15) is 71.6 Å². The van der Waals surface area contributed by atoms with Crippen molar-refractivity contribution in [3.05, 3.63) is 0 Å². The van der Waals surface area contributed by atoms with E-state index < -0.39 is 0 Å². The number of hydrogen-bond acceptors (Lipinski definition) is 2. The third kappa shape index (κ3) is 1.74. The number of carbonyl (C=O) groups is 2. The van der Waals surface area contributed by atoms with E-state index in [9.17, 15) is 9.59 Å². The number of hydrogen-bond donors (Lipinski definition) is 0. The number of nitrogens with zero attached hydrogens (tertiary/aromatic N) is 1. The molecule has 1 amide bonds. The van der Waals surface area contributed by atoms with Gasteiger partial charge in [-0.3, -0.25) is 9.59 Å². The molecule has 0 radical (unpaired) electrons. The number of ketones is 1. The predicted molar refractivity (Wildman–Crippen MR) is 92.3 cm³/mol. The molecule has 3 unspecified atom stereocenters. The van der Waals surface area contributed by atoms with Gasteiger partial charge in [0.15, 0.2) is 0 Å². The topological polar surface area (TPSA) is 37.4 Å². The molecule has 6 rings (SSSR count). The van der Waals surface area contributed by atoms with Gasteiger partial charge in [-0.15, -0.1) is 0 Å². The third-order valence-electron chi connectivity index (χ3n) is 9.26. The fraction of sp³-hybridized carbons (Fsp3) is 0.905. The monoisotopic (exact) mass is 329 g/mol. The van der Waals surface area contributed by atoms with Crippen molar-refractivity contribution in [2.24, 2.45) is 34.0 Å². The van der Waals surface area contributed by atoms with Crippen LogP contribution in [0.3, 0.4) is 0 Å². The van der Waals surface area contributed by atoms with Crippen LogP contribution >= 0.6 is 0 Å². The lowest BCUT2D eigenvalue weighted by molar-refractivity contribution is -0.222. The molecule has 1 spiro atoms. The van der Waals surface area contributed by atoms with Gasteiger partial charge < -0.3 is 4.90 Å². The summed E-state index contributed by atoms with van der Waals surface area (Å²) in [6.07, 6.45) is 10.9. The van der Waals surface area contributed by atoms with Crippen LogP contribution in [-0.2, 0) is 9.59 Å². The van der Waals surface area contributed by atoms with Crippen LogP contribution in [0.25, 0.3) is 0 Å². The Morgan fingerprint density at radius 3 is 2.62 bits per heavy atom. The number of Topliss-reactive ketones (excluding diaryl/α,β-unsaturated/α-hetero) is 1. The molecule has 0 aromatic heterocycles. The summed E-state index contributed by atoms with van der Waals surface area (Å²) >= 11 is 0. The molecule has 132 valence electrons. The van der Waals surface area contributed by atoms with Crippen molar-refractivity contribution in [2.45, 2.75) is 71.6 Å². The molecule has 0 aromatic carbocycles. The second-order valence-corrected chi connectivity index (χ2v) is 10.2. The lowest BCUT2D eigenvalue weighted by Crippen LogP contribution is -2.69. The summed E-state index contributed by atoms with van der Waals surface area (Å²) in [6.45, 7) is 6.17. The molecule has 4 bridgehead atoms. The van der Waals surface area contributed by atoms with Crippen LogP contribution in [-0.4, -0.2) is 29.7 Å². The van der Waals surface area contributed by atoms with E-state index in [4.69, 9.17) is 0 Å². The van der Waals surface area contributed by atoms with Gasteiger partial charge in [-0.05, 0) is 73.0 Å². The van der Waals surface area contributed by atoms with E-state index in [2.05, 4.69) is 11.8 Å². The molecule has 1 aliphatic heterocycles. The first-order valence-electron chi connectivity index (χ1n) is 10.2. The van der Waals surface area contributed by atoms with Gasteiger partial charge in [0.25, 0.3) is 0 Å². The first-order chi connectivity index (χ1) is 11.4. The minimum atomic E-state index is 0.262. The van der Waals surface area contributed by atoms with E-state index in [1.165, 1.54) is 38.5 Å². The standard InChI is InChI=1S/C21H31NO2/c1-14(23)22-12-19(2)6-3-7-21(13-22)17(19)5-9-20-8-4-15(10-18(20)21)16(24)11-20/h15,17-18H,3-13H2,1-2H3/t15-,17+,18?,19?,20+,21?/m0/s1. The summed E-state index contributed by atoms with van der Waals surface area (Å²) in [5.41, 5.74) is 0.916. The van der Waals surface area contributed by atoms with Crippen molar-refractivity contribution < 1.29 is 9.59 Å². The van der Waals surface area contributed by atoms with Crippen LogP contribution in [0, 0.1) is 34.0 Å². The summed E-state index contributed by atoms with van der Waals surface area (Å²) in [5.74, 6) is 2.63. The Labute approximate surface area is 145 Å². The third-order valence-corrected chi connectivity index (χ3v) is 9.26. The van der Waals surface area contributed by atoms with Crippen molar-refractivity contribution >= 4 is 11.7 Å². The van der Waals surface area contributed by atoms with E-state index in [0.717, 1.165) is 38.3 Å². The molecule has 0 N–H and O–H groups in total. The molecule has 3 heteroatoms. The minimum absolute atomic E-state index is 0.262. The highest BCUT2D eigenvalue weighted by Crippen LogP contribution is 2.72. The van der Waals surface area contributed by atoms with Gasteiger partial charge in [0.05, 0.1) is 0 Å². The number of carbonyl (C=O) groups excluding carboxylic acids is 2.